The van der Waals surface area contributed by atoms with Gasteiger partial charge in [-0.25, -0.2) is 0 Å². The molecule has 2 unspecified atom stereocenters. The van der Waals surface area contributed by atoms with Crippen LogP contribution in [0.4, 0.5) is 0 Å². The molecule has 0 N–H and O–H groups in total. The molecule has 0 aromatic heterocycles. The second-order valence-electron chi connectivity index (χ2n) is 4.40. The molecule has 0 heterocycles. The van der Waals surface area contributed by atoms with Crippen molar-refractivity contribution in [2.75, 3.05) is 0 Å². The normalized spacial score (nSPS) is 32.9. The molecule has 1 aliphatic rings. The smallest absolute Gasteiger partial charge is 0.0183 e. The first-order valence-electron chi connectivity index (χ1n) is 4.79. The first-order valence-corrected chi connectivity index (χ1v) is 4.79. The van der Waals surface area contributed by atoms with Crippen molar-refractivity contribution in [2.24, 2.45) is 17.8 Å². The standard InChI is InChI=1S/C11H20/c1-8(2)11-6-5-9(3)7-10(11)4/h8-9,11H,4-7H2,1-3H3. The van der Waals surface area contributed by atoms with Crippen molar-refractivity contribution in [1.29, 1.82) is 0 Å². The van der Waals surface area contributed by atoms with Gasteiger partial charge in [-0.1, -0.05) is 32.9 Å². The van der Waals surface area contributed by atoms with Gasteiger partial charge >= 0.3 is 0 Å². The van der Waals surface area contributed by atoms with Crippen LogP contribution in [0.5, 0.6) is 0 Å². The summed E-state index contributed by atoms with van der Waals surface area (Å²) in [5, 5.41) is 0. The van der Waals surface area contributed by atoms with Crippen LogP contribution < -0.4 is 0 Å². The van der Waals surface area contributed by atoms with Crippen molar-refractivity contribution in [3.63, 3.8) is 0 Å². The first-order chi connectivity index (χ1) is 5.11. The van der Waals surface area contributed by atoms with E-state index in [1.54, 1.807) is 0 Å². The molecule has 0 bridgehead atoms. The Balaban J connectivity index is 2.51. The minimum Gasteiger partial charge on any atom is -0.0996 e. The third kappa shape index (κ3) is 2.08. The molecule has 1 aliphatic carbocycles. The van der Waals surface area contributed by atoms with Gasteiger partial charge in [-0.15, -0.1) is 0 Å². The summed E-state index contributed by atoms with van der Waals surface area (Å²) in [4.78, 5) is 0. The van der Waals surface area contributed by atoms with Crippen molar-refractivity contribution in [1.82, 2.24) is 0 Å². The molecular weight excluding hydrogens is 132 g/mol. The van der Waals surface area contributed by atoms with Gasteiger partial charge in [-0.3, -0.25) is 0 Å². The molecule has 1 fully saturated rings. The number of rotatable bonds is 1. The average Bonchev–Trinajstić information content (AvgIpc) is 1.85. The fourth-order valence-electron chi connectivity index (χ4n) is 2.17. The van der Waals surface area contributed by atoms with Gasteiger partial charge in [0.1, 0.15) is 0 Å². The van der Waals surface area contributed by atoms with E-state index in [4.69, 9.17) is 0 Å². The lowest BCUT2D eigenvalue weighted by Crippen LogP contribution is -2.19. The lowest BCUT2D eigenvalue weighted by Gasteiger charge is -2.31. The Morgan fingerprint density at radius 2 is 2.00 bits per heavy atom. The van der Waals surface area contributed by atoms with E-state index in [1.807, 2.05) is 0 Å². The summed E-state index contributed by atoms with van der Waals surface area (Å²) in [6.07, 6.45) is 4.04. The van der Waals surface area contributed by atoms with E-state index in [1.165, 1.54) is 24.8 Å². The van der Waals surface area contributed by atoms with Crippen molar-refractivity contribution >= 4 is 0 Å². The Morgan fingerprint density at radius 1 is 1.36 bits per heavy atom. The van der Waals surface area contributed by atoms with Crippen molar-refractivity contribution in [2.45, 2.75) is 40.0 Å². The maximum atomic E-state index is 4.17. The molecule has 0 aliphatic heterocycles. The number of hydrogen-bond donors (Lipinski definition) is 0. The molecular formula is C11H20. The van der Waals surface area contributed by atoms with Crippen molar-refractivity contribution in [3.05, 3.63) is 12.2 Å². The largest absolute Gasteiger partial charge is 0.0996 e. The fourth-order valence-corrected chi connectivity index (χ4v) is 2.17. The van der Waals surface area contributed by atoms with E-state index >= 15 is 0 Å². The molecule has 0 radical (unpaired) electrons. The lowest BCUT2D eigenvalue weighted by atomic mass is 9.75. The minimum atomic E-state index is 0.801. The van der Waals surface area contributed by atoms with Crippen LogP contribution in [0.15, 0.2) is 12.2 Å². The van der Waals surface area contributed by atoms with Gasteiger partial charge < -0.3 is 0 Å². The zero-order chi connectivity index (χ0) is 8.43. The third-order valence-electron chi connectivity index (χ3n) is 2.91. The minimum absolute atomic E-state index is 0.801. The highest BCUT2D eigenvalue weighted by molar-refractivity contribution is 5.05. The number of hydrogen-bond acceptors (Lipinski definition) is 0. The topological polar surface area (TPSA) is 0 Å². The van der Waals surface area contributed by atoms with Gasteiger partial charge in [0.25, 0.3) is 0 Å². The summed E-state index contributed by atoms with van der Waals surface area (Å²) in [5.41, 5.74) is 1.50. The second-order valence-corrected chi connectivity index (χ2v) is 4.40. The SMILES string of the molecule is C=C1CC(C)CCC1C(C)C. The van der Waals surface area contributed by atoms with E-state index in [0.717, 1.165) is 17.8 Å². The molecule has 0 nitrogen and oxygen atoms in total. The van der Waals surface area contributed by atoms with Gasteiger partial charge in [0.15, 0.2) is 0 Å². The summed E-state index contributed by atoms with van der Waals surface area (Å²) < 4.78 is 0. The van der Waals surface area contributed by atoms with E-state index in [-0.39, 0.29) is 0 Å². The van der Waals surface area contributed by atoms with E-state index in [2.05, 4.69) is 27.4 Å². The molecule has 0 aromatic carbocycles. The van der Waals surface area contributed by atoms with Gasteiger partial charge in [-0.2, -0.15) is 0 Å². The van der Waals surface area contributed by atoms with Gasteiger partial charge in [0.2, 0.25) is 0 Å². The maximum absolute atomic E-state index is 4.17. The molecule has 0 heteroatoms. The molecule has 0 aromatic rings. The molecule has 0 amide bonds. The molecule has 1 rings (SSSR count). The van der Waals surface area contributed by atoms with Gasteiger partial charge in [0.05, 0.1) is 0 Å². The highest BCUT2D eigenvalue weighted by Crippen LogP contribution is 2.36. The summed E-state index contributed by atoms with van der Waals surface area (Å²) in [5.74, 6) is 2.50. The second kappa shape index (κ2) is 3.42. The summed E-state index contributed by atoms with van der Waals surface area (Å²) in [6.45, 7) is 11.1. The third-order valence-corrected chi connectivity index (χ3v) is 2.91. The number of allylic oxidation sites excluding steroid dienone is 1. The highest BCUT2D eigenvalue weighted by Gasteiger charge is 2.23. The van der Waals surface area contributed by atoms with Crippen LogP contribution in [-0.4, -0.2) is 0 Å². The fraction of sp³-hybridized carbons (Fsp3) is 0.818. The Labute approximate surface area is 70.7 Å². The zero-order valence-corrected chi connectivity index (χ0v) is 8.06. The van der Waals surface area contributed by atoms with Crippen LogP contribution >= 0.6 is 0 Å². The Morgan fingerprint density at radius 3 is 2.45 bits per heavy atom. The monoisotopic (exact) mass is 152 g/mol. The lowest BCUT2D eigenvalue weighted by molar-refractivity contribution is 0.309. The van der Waals surface area contributed by atoms with E-state index < -0.39 is 0 Å². The Hall–Kier alpha value is -0.260. The molecule has 1 saturated carbocycles. The van der Waals surface area contributed by atoms with Crippen LogP contribution in [0.25, 0.3) is 0 Å². The summed E-state index contributed by atoms with van der Waals surface area (Å²) in [7, 11) is 0. The molecule has 0 spiro atoms. The first kappa shape index (κ1) is 8.83. The maximum Gasteiger partial charge on any atom is -0.0183 e. The van der Waals surface area contributed by atoms with Crippen LogP contribution in [0.3, 0.4) is 0 Å². The Bertz CT molecular complexity index is 144. The molecule has 2 atom stereocenters. The summed E-state index contributed by atoms with van der Waals surface area (Å²) >= 11 is 0. The van der Waals surface area contributed by atoms with E-state index in [0.29, 0.717) is 0 Å². The highest BCUT2D eigenvalue weighted by atomic mass is 14.3. The van der Waals surface area contributed by atoms with E-state index in [9.17, 15) is 0 Å². The van der Waals surface area contributed by atoms with Crippen LogP contribution in [0, 0.1) is 17.8 Å². The molecule has 0 saturated heterocycles. The van der Waals surface area contributed by atoms with Gasteiger partial charge in [-0.05, 0) is 37.0 Å². The van der Waals surface area contributed by atoms with Crippen LogP contribution in [0.1, 0.15) is 40.0 Å². The predicted molar refractivity (Wildman–Crippen MR) is 50.5 cm³/mol. The van der Waals surface area contributed by atoms with Gasteiger partial charge in [0, 0.05) is 0 Å². The Kier molecular flexibility index (Phi) is 2.75. The zero-order valence-electron chi connectivity index (χ0n) is 8.06. The van der Waals surface area contributed by atoms with Crippen molar-refractivity contribution < 1.29 is 0 Å². The summed E-state index contributed by atoms with van der Waals surface area (Å²) in [6, 6.07) is 0. The average molecular weight is 152 g/mol. The van der Waals surface area contributed by atoms with Crippen molar-refractivity contribution in [3.8, 4) is 0 Å². The molecule has 11 heavy (non-hydrogen) atoms. The predicted octanol–water partition coefficient (Wildman–Crippen LogP) is 3.63. The molecule has 64 valence electrons. The quantitative estimate of drug-likeness (QED) is 0.503. The van der Waals surface area contributed by atoms with Crippen LogP contribution in [0.2, 0.25) is 0 Å². The van der Waals surface area contributed by atoms with Crippen LogP contribution in [-0.2, 0) is 0 Å².